The van der Waals surface area contributed by atoms with Crippen molar-refractivity contribution in [3.63, 3.8) is 0 Å². The molecule has 0 aliphatic heterocycles. The van der Waals surface area contributed by atoms with Crippen molar-refractivity contribution in [2.24, 2.45) is 0 Å². The first-order valence-corrected chi connectivity index (χ1v) is 4.71. The van der Waals surface area contributed by atoms with Crippen LogP contribution in [0.15, 0.2) is 42.7 Å². The molecule has 1 heterocycles. The number of phenolic OH excluding ortho intramolecular Hbond substituents is 1. The van der Waals surface area contributed by atoms with Crippen LogP contribution in [0, 0.1) is 0 Å². The second-order valence-electron chi connectivity index (χ2n) is 3.34. The molecular weight excluding hydrogens is 204 g/mol. The molecular formula is C12H10N2O2. The molecule has 2 aromatic rings. The van der Waals surface area contributed by atoms with E-state index in [1.54, 1.807) is 18.2 Å². The van der Waals surface area contributed by atoms with Crippen LogP contribution < -0.4 is 5.73 Å². The molecule has 2 rings (SSSR count). The molecule has 0 bridgehead atoms. The fourth-order valence-corrected chi connectivity index (χ4v) is 1.40. The first-order chi connectivity index (χ1) is 7.68. The number of anilines is 1. The number of nitrogens with two attached hydrogens (primary N) is 1. The molecule has 0 aliphatic rings. The Kier molecular flexibility index (Phi) is 2.55. The van der Waals surface area contributed by atoms with Crippen LogP contribution in [0.5, 0.6) is 5.75 Å². The lowest BCUT2D eigenvalue weighted by molar-refractivity contribution is 0.103. The van der Waals surface area contributed by atoms with Crippen LogP contribution >= 0.6 is 0 Å². The topological polar surface area (TPSA) is 76.2 Å². The number of carbonyl (C=O) groups excluding carboxylic acids is 1. The Bertz CT molecular complexity index is 524. The van der Waals surface area contributed by atoms with Gasteiger partial charge in [-0.2, -0.15) is 0 Å². The number of nitrogen functional groups attached to an aromatic ring is 1. The second kappa shape index (κ2) is 4.02. The number of ketones is 1. The highest BCUT2D eigenvalue weighted by Crippen LogP contribution is 2.22. The van der Waals surface area contributed by atoms with Crippen LogP contribution in [-0.4, -0.2) is 15.9 Å². The lowest BCUT2D eigenvalue weighted by atomic mass is 10.0. The highest BCUT2D eigenvalue weighted by Gasteiger charge is 2.12. The Morgan fingerprint density at radius 1 is 1.19 bits per heavy atom. The van der Waals surface area contributed by atoms with E-state index < -0.39 is 0 Å². The smallest absolute Gasteiger partial charge is 0.196 e. The number of rotatable bonds is 2. The third kappa shape index (κ3) is 1.86. The molecule has 4 heteroatoms. The van der Waals surface area contributed by atoms with Crippen LogP contribution in [0.1, 0.15) is 15.9 Å². The lowest BCUT2D eigenvalue weighted by Crippen LogP contribution is -2.02. The number of hydrogen-bond acceptors (Lipinski definition) is 4. The summed E-state index contributed by atoms with van der Waals surface area (Å²) < 4.78 is 0. The molecule has 0 unspecified atom stereocenters. The van der Waals surface area contributed by atoms with E-state index in [1.807, 2.05) is 0 Å². The normalized spacial score (nSPS) is 10.0. The maximum Gasteiger partial charge on any atom is 0.196 e. The molecule has 1 aromatic carbocycles. The van der Waals surface area contributed by atoms with Gasteiger partial charge in [0.15, 0.2) is 5.78 Å². The van der Waals surface area contributed by atoms with Gasteiger partial charge < -0.3 is 10.8 Å². The van der Waals surface area contributed by atoms with Crippen molar-refractivity contribution in [1.29, 1.82) is 0 Å². The number of carbonyl (C=O) groups is 1. The molecule has 0 aliphatic carbocycles. The van der Waals surface area contributed by atoms with Crippen molar-refractivity contribution in [2.45, 2.75) is 0 Å². The second-order valence-corrected chi connectivity index (χ2v) is 3.34. The number of benzene rings is 1. The molecule has 1 aromatic heterocycles. The molecule has 80 valence electrons. The van der Waals surface area contributed by atoms with E-state index in [0.29, 0.717) is 11.3 Å². The molecule has 0 atom stereocenters. The van der Waals surface area contributed by atoms with E-state index in [0.717, 1.165) is 0 Å². The molecule has 0 fully saturated rings. The zero-order valence-electron chi connectivity index (χ0n) is 8.42. The Labute approximate surface area is 92.4 Å². The van der Waals surface area contributed by atoms with Gasteiger partial charge in [0.1, 0.15) is 5.75 Å². The maximum atomic E-state index is 11.9. The van der Waals surface area contributed by atoms with Gasteiger partial charge in [-0.3, -0.25) is 9.78 Å². The van der Waals surface area contributed by atoms with E-state index in [2.05, 4.69) is 4.98 Å². The zero-order chi connectivity index (χ0) is 11.5. The number of aromatic nitrogens is 1. The summed E-state index contributed by atoms with van der Waals surface area (Å²) in [4.78, 5) is 15.8. The van der Waals surface area contributed by atoms with Gasteiger partial charge in [-0.1, -0.05) is 0 Å². The molecule has 0 radical (unpaired) electrons. The Morgan fingerprint density at radius 2 is 1.88 bits per heavy atom. The molecule has 0 amide bonds. The Morgan fingerprint density at radius 3 is 2.50 bits per heavy atom. The quantitative estimate of drug-likeness (QED) is 0.588. The van der Waals surface area contributed by atoms with Gasteiger partial charge in [-0.05, 0) is 24.3 Å². The van der Waals surface area contributed by atoms with E-state index in [-0.39, 0.29) is 17.1 Å². The summed E-state index contributed by atoms with van der Waals surface area (Å²) in [5, 5.41) is 9.61. The van der Waals surface area contributed by atoms with Crippen molar-refractivity contribution in [1.82, 2.24) is 4.98 Å². The number of phenols is 1. The first-order valence-electron chi connectivity index (χ1n) is 4.71. The van der Waals surface area contributed by atoms with Gasteiger partial charge >= 0.3 is 0 Å². The summed E-state index contributed by atoms with van der Waals surface area (Å²) in [6, 6.07) is 7.63. The minimum absolute atomic E-state index is 0.109. The number of nitrogens with zero attached hydrogens (tertiary/aromatic N) is 1. The molecule has 16 heavy (non-hydrogen) atoms. The average Bonchev–Trinajstić information content (AvgIpc) is 2.29. The minimum Gasteiger partial charge on any atom is -0.507 e. The van der Waals surface area contributed by atoms with Crippen LogP contribution in [0.3, 0.4) is 0 Å². The summed E-state index contributed by atoms with van der Waals surface area (Å²) in [5.41, 5.74) is 6.62. The predicted octanol–water partition coefficient (Wildman–Crippen LogP) is 1.60. The van der Waals surface area contributed by atoms with Crippen LogP contribution in [-0.2, 0) is 0 Å². The van der Waals surface area contributed by atoms with Gasteiger partial charge in [0.25, 0.3) is 0 Å². The van der Waals surface area contributed by atoms with Crippen LogP contribution in [0.4, 0.5) is 5.69 Å². The van der Waals surface area contributed by atoms with Crippen molar-refractivity contribution in [2.75, 3.05) is 5.73 Å². The van der Waals surface area contributed by atoms with E-state index >= 15 is 0 Å². The van der Waals surface area contributed by atoms with Gasteiger partial charge in [0.2, 0.25) is 0 Å². The van der Waals surface area contributed by atoms with Gasteiger partial charge in [0.05, 0.1) is 5.56 Å². The van der Waals surface area contributed by atoms with Crippen LogP contribution in [0.25, 0.3) is 0 Å². The Balaban J connectivity index is 2.42. The number of hydrogen-bond donors (Lipinski definition) is 2. The fourth-order valence-electron chi connectivity index (χ4n) is 1.40. The standard InChI is InChI=1S/C12H10N2O2/c13-9-1-2-10(11(15)7-9)12(16)8-3-5-14-6-4-8/h1-7,15H,13H2. The summed E-state index contributed by atoms with van der Waals surface area (Å²) in [7, 11) is 0. The lowest BCUT2D eigenvalue weighted by Gasteiger charge is -2.04. The molecule has 0 spiro atoms. The average molecular weight is 214 g/mol. The number of pyridine rings is 1. The van der Waals surface area contributed by atoms with Gasteiger partial charge in [0, 0.05) is 29.7 Å². The summed E-state index contributed by atoms with van der Waals surface area (Å²) in [5.74, 6) is -0.360. The van der Waals surface area contributed by atoms with Crippen molar-refractivity contribution >= 4 is 11.5 Å². The van der Waals surface area contributed by atoms with E-state index in [1.165, 1.54) is 24.5 Å². The Hall–Kier alpha value is -2.36. The largest absolute Gasteiger partial charge is 0.507 e. The monoisotopic (exact) mass is 214 g/mol. The van der Waals surface area contributed by atoms with Crippen LogP contribution in [0.2, 0.25) is 0 Å². The molecule has 0 saturated heterocycles. The summed E-state index contributed by atoms with van der Waals surface area (Å²) in [6.07, 6.45) is 3.06. The minimum atomic E-state index is -0.250. The van der Waals surface area contributed by atoms with Gasteiger partial charge in [-0.15, -0.1) is 0 Å². The molecule has 0 saturated carbocycles. The summed E-state index contributed by atoms with van der Waals surface area (Å²) >= 11 is 0. The maximum absolute atomic E-state index is 11.9. The highest BCUT2D eigenvalue weighted by atomic mass is 16.3. The van der Waals surface area contributed by atoms with E-state index in [4.69, 9.17) is 5.73 Å². The third-order valence-electron chi connectivity index (χ3n) is 2.21. The predicted molar refractivity (Wildman–Crippen MR) is 60.2 cm³/mol. The highest BCUT2D eigenvalue weighted by molar-refractivity contribution is 6.10. The van der Waals surface area contributed by atoms with Crippen molar-refractivity contribution < 1.29 is 9.90 Å². The van der Waals surface area contributed by atoms with E-state index in [9.17, 15) is 9.90 Å². The SMILES string of the molecule is Nc1ccc(C(=O)c2ccncc2)c(O)c1. The fraction of sp³-hybridized carbons (Fsp3) is 0. The van der Waals surface area contributed by atoms with Gasteiger partial charge in [-0.25, -0.2) is 0 Å². The third-order valence-corrected chi connectivity index (χ3v) is 2.21. The summed E-state index contributed by atoms with van der Waals surface area (Å²) in [6.45, 7) is 0. The molecule has 3 N–H and O–H groups in total. The first kappa shape index (κ1) is 10.2. The number of aromatic hydroxyl groups is 1. The molecule has 4 nitrogen and oxygen atoms in total. The van der Waals surface area contributed by atoms with Crippen molar-refractivity contribution in [3.05, 3.63) is 53.9 Å². The zero-order valence-corrected chi connectivity index (χ0v) is 8.42. The van der Waals surface area contributed by atoms with Crippen molar-refractivity contribution in [3.8, 4) is 5.75 Å².